The van der Waals surface area contributed by atoms with Crippen molar-refractivity contribution in [2.24, 2.45) is 0 Å². The summed E-state index contributed by atoms with van der Waals surface area (Å²) in [5.41, 5.74) is 0.783. The fourth-order valence-corrected chi connectivity index (χ4v) is 1.36. The van der Waals surface area contributed by atoms with Gasteiger partial charge in [-0.3, -0.25) is 0 Å². The van der Waals surface area contributed by atoms with Crippen molar-refractivity contribution in [1.29, 1.82) is 0 Å². The van der Waals surface area contributed by atoms with Crippen LogP contribution < -0.4 is 10.1 Å². The van der Waals surface area contributed by atoms with Crippen LogP contribution in [-0.4, -0.2) is 30.7 Å². The summed E-state index contributed by atoms with van der Waals surface area (Å²) >= 11 is 11.3. The third-order valence-corrected chi connectivity index (χ3v) is 2.46. The number of hydrogen-bond acceptors (Lipinski definition) is 3. The third-order valence-electron chi connectivity index (χ3n) is 1.87. The first kappa shape index (κ1) is 12.4. The van der Waals surface area contributed by atoms with Gasteiger partial charge in [-0.15, -0.1) is 11.6 Å². The van der Waals surface area contributed by atoms with E-state index in [4.69, 9.17) is 27.9 Å². The second-order valence-corrected chi connectivity index (χ2v) is 3.78. The zero-order chi connectivity index (χ0) is 11.3. The van der Waals surface area contributed by atoms with Gasteiger partial charge in [0.2, 0.25) is 0 Å². The molecule has 1 aromatic rings. The molecule has 1 aromatic carbocycles. The predicted molar refractivity (Wildman–Crippen MR) is 63.2 cm³/mol. The van der Waals surface area contributed by atoms with Crippen molar-refractivity contribution < 1.29 is 9.84 Å². The Balaban J connectivity index is 2.67. The summed E-state index contributed by atoms with van der Waals surface area (Å²) in [6.07, 6.45) is -0.577. The largest absolute Gasteiger partial charge is 0.495 e. The van der Waals surface area contributed by atoms with Gasteiger partial charge in [-0.25, -0.2) is 0 Å². The van der Waals surface area contributed by atoms with Crippen molar-refractivity contribution in [1.82, 2.24) is 0 Å². The van der Waals surface area contributed by atoms with Crippen LogP contribution in [0.2, 0.25) is 5.02 Å². The summed E-state index contributed by atoms with van der Waals surface area (Å²) in [5.74, 6) is 0.840. The zero-order valence-corrected chi connectivity index (χ0v) is 9.85. The first-order chi connectivity index (χ1) is 7.17. The highest BCUT2D eigenvalue weighted by Gasteiger charge is 2.06. The lowest BCUT2D eigenvalue weighted by Crippen LogP contribution is -2.20. The molecule has 5 heteroatoms. The Labute approximate surface area is 99.0 Å². The first-order valence-corrected chi connectivity index (χ1v) is 5.40. The van der Waals surface area contributed by atoms with E-state index in [0.717, 1.165) is 5.69 Å². The average Bonchev–Trinajstić information content (AvgIpc) is 2.26. The van der Waals surface area contributed by atoms with Gasteiger partial charge in [0.05, 0.1) is 24.8 Å². The standard InChI is InChI=1S/C10H13Cl2NO2/c1-15-10-4-7(12)2-3-9(10)13-6-8(14)5-11/h2-4,8,13-14H,5-6H2,1H3. The fourth-order valence-electron chi connectivity index (χ4n) is 1.09. The maximum Gasteiger partial charge on any atom is 0.143 e. The smallest absolute Gasteiger partial charge is 0.143 e. The molecule has 15 heavy (non-hydrogen) atoms. The quantitative estimate of drug-likeness (QED) is 0.788. The molecule has 0 aliphatic heterocycles. The molecule has 1 rings (SSSR count). The molecule has 0 aliphatic carbocycles. The van der Waals surface area contributed by atoms with Gasteiger partial charge in [0.15, 0.2) is 0 Å². The minimum atomic E-state index is -0.577. The number of ether oxygens (including phenoxy) is 1. The summed E-state index contributed by atoms with van der Waals surface area (Å²) in [4.78, 5) is 0. The Morgan fingerprint density at radius 3 is 2.87 bits per heavy atom. The molecular weight excluding hydrogens is 237 g/mol. The number of nitrogens with one attached hydrogen (secondary N) is 1. The van der Waals surface area contributed by atoms with E-state index < -0.39 is 6.10 Å². The lowest BCUT2D eigenvalue weighted by Gasteiger charge is -2.13. The minimum Gasteiger partial charge on any atom is -0.495 e. The van der Waals surface area contributed by atoms with Gasteiger partial charge in [0, 0.05) is 17.6 Å². The van der Waals surface area contributed by atoms with Gasteiger partial charge in [0.1, 0.15) is 5.75 Å². The minimum absolute atomic E-state index is 0.197. The second kappa shape index (κ2) is 6.05. The van der Waals surface area contributed by atoms with E-state index in [2.05, 4.69) is 5.32 Å². The summed E-state index contributed by atoms with van der Waals surface area (Å²) in [5, 5.41) is 12.9. The van der Waals surface area contributed by atoms with Gasteiger partial charge < -0.3 is 15.2 Å². The van der Waals surface area contributed by atoms with Crippen molar-refractivity contribution in [2.75, 3.05) is 24.9 Å². The van der Waals surface area contributed by atoms with E-state index in [0.29, 0.717) is 17.3 Å². The van der Waals surface area contributed by atoms with Crippen molar-refractivity contribution in [3.63, 3.8) is 0 Å². The van der Waals surface area contributed by atoms with Crippen LogP contribution in [0.3, 0.4) is 0 Å². The lowest BCUT2D eigenvalue weighted by molar-refractivity contribution is 0.211. The number of aliphatic hydroxyl groups is 1. The normalized spacial score (nSPS) is 12.3. The van der Waals surface area contributed by atoms with Crippen LogP contribution in [0.4, 0.5) is 5.69 Å². The second-order valence-electron chi connectivity index (χ2n) is 3.03. The highest BCUT2D eigenvalue weighted by atomic mass is 35.5. The number of halogens is 2. The molecule has 84 valence electrons. The molecule has 1 atom stereocenters. The number of methoxy groups -OCH3 is 1. The molecule has 0 radical (unpaired) electrons. The number of rotatable bonds is 5. The van der Waals surface area contributed by atoms with Gasteiger partial charge in [-0.05, 0) is 12.1 Å². The molecule has 0 aliphatic rings. The Kier molecular flexibility index (Phi) is 5.02. The Bertz CT molecular complexity index is 320. The van der Waals surface area contributed by atoms with Crippen molar-refractivity contribution in [3.05, 3.63) is 23.2 Å². The molecule has 0 amide bonds. The number of benzene rings is 1. The topological polar surface area (TPSA) is 41.5 Å². The van der Waals surface area contributed by atoms with Gasteiger partial charge in [0.25, 0.3) is 0 Å². The van der Waals surface area contributed by atoms with E-state index in [9.17, 15) is 5.11 Å². The van der Waals surface area contributed by atoms with Gasteiger partial charge in [-0.1, -0.05) is 11.6 Å². The van der Waals surface area contributed by atoms with Crippen LogP contribution in [-0.2, 0) is 0 Å². The fraction of sp³-hybridized carbons (Fsp3) is 0.400. The zero-order valence-electron chi connectivity index (χ0n) is 8.34. The summed E-state index contributed by atoms with van der Waals surface area (Å²) < 4.78 is 5.13. The van der Waals surface area contributed by atoms with E-state index >= 15 is 0 Å². The highest BCUT2D eigenvalue weighted by Crippen LogP contribution is 2.27. The molecule has 0 bridgehead atoms. The van der Waals surface area contributed by atoms with Crippen LogP contribution in [0.25, 0.3) is 0 Å². The van der Waals surface area contributed by atoms with E-state index in [1.165, 1.54) is 0 Å². The average molecular weight is 250 g/mol. The van der Waals surface area contributed by atoms with Crippen LogP contribution >= 0.6 is 23.2 Å². The number of aliphatic hydroxyl groups excluding tert-OH is 1. The molecule has 0 aromatic heterocycles. The third kappa shape index (κ3) is 3.78. The van der Waals surface area contributed by atoms with Crippen LogP contribution in [0, 0.1) is 0 Å². The van der Waals surface area contributed by atoms with E-state index in [-0.39, 0.29) is 5.88 Å². The first-order valence-electron chi connectivity index (χ1n) is 4.48. The maximum atomic E-state index is 9.28. The molecule has 0 saturated carbocycles. The van der Waals surface area contributed by atoms with Crippen LogP contribution in [0.5, 0.6) is 5.75 Å². The lowest BCUT2D eigenvalue weighted by atomic mass is 10.3. The van der Waals surface area contributed by atoms with E-state index in [1.54, 1.807) is 25.3 Å². The number of anilines is 1. The monoisotopic (exact) mass is 249 g/mol. The van der Waals surface area contributed by atoms with Crippen molar-refractivity contribution in [3.8, 4) is 5.75 Å². The maximum absolute atomic E-state index is 9.28. The van der Waals surface area contributed by atoms with Gasteiger partial charge >= 0.3 is 0 Å². The molecule has 0 saturated heterocycles. The van der Waals surface area contributed by atoms with Crippen LogP contribution in [0.1, 0.15) is 0 Å². The molecule has 0 spiro atoms. The molecule has 2 N–H and O–H groups in total. The number of alkyl halides is 1. The van der Waals surface area contributed by atoms with Crippen LogP contribution in [0.15, 0.2) is 18.2 Å². The predicted octanol–water partition coefficient (Wildman–Crippen LogP) is 2.36. The van der Waals surface area contributed by atoms with Gasteiger partial charge in [-0.2, -0.15) is 0 Å². The molecule has 3 nitrogen and oxygen atoms in total. The molecule has 0 fully saturated rings. The summed E-state index contributed by atoms with van der Waals surface area (Å²) in [7, 11) is 1.56. The molecular formula is C10H13Cl2NO2. The van der Waals surface area contributed by atoms with Crippen molar-refractivity contribution >= 4 is 28.9 Å². The Hall–Kier alpha value is -0.640. The summed E-state index contributed by atoms with van der Waals surface area (Å²) in [6, 6.07) is 5.25. The number of hydrogen-bond donors (Lipinski definition) is 2. The highest BCUT2D eigenvalue weighted by molar-refractivity contribution is 6.30. The van der Waals surface area contributed by atoms with E-state index in [1.807, 2.05) is 0 Å². The molecule has 0 heterocycles. The summed E-state index contributed by atoms with van der Waals surface area (Å²) in [6.45, 7) is 0.376. The molecule has 1 unspecified atom stereocenters. The SMILES string of the molecule is COc1cc(Cl)ccc1NCC(O)CCl. The Morgan fingerprint density at radius 1 is 1.53 bits per heavy atom. The Morgan fingerprint density at radius 2 is 2.27 bits per heavy atom. The van der Waals surface area contributed by atoms with Crippen molar-refractivity contribution in [2.45, 2.75) is 6.10 Å².